The van der Waals surface area contributed by atoms with E-state index in [9.17, 15) is 9.59 Å². The SMILES string of the molecule is C=CCOC(=O)C1C(=S)S[C@H]2[C@@H](OC[Si](C)(C)C(C)(C)C)C(=O)N12. The van der Waals surface area contributed by atoms with Crippen molar-refractivity contribution in [2.75, 3.05) is 12.8 Å². The molecule has 0 radical (unpaired) electrons. The summed E-state index contributed by atoms with van der Waals surface area (Å²) in [5.74, 6) is -0.669. The van der Waals surface area contributed by atoms with Crippen LogP contribution in [-0.4, -0.2) is 59.4 Å². The maximum atomic E-state index is 12.5. The molecule has 0 aliphatic carbocycles. The quantitative estimate of drug-likeness (QED) is 0.230. The van der Waals surface area contributed by atoms with Gasteiger partial charge in [-0.05, 0) is 5.04 Å². The molecule has 0 N–H and O–H groups in total. The highest BCUT2D eigenvalue weighted by molar-refractivity contribution is 8.24. The van der Waals surface area contributed by atoms with Crippen molar-refractivity contribution in [3.05, 3.63) is 12.7 Å². The van der Waals surface area contributed by atoms with Crippen LogP contribution in [0.4, 0.5) is 0 Å². The van der Waals surface area contributed by atoms with Crippen LogP contribution >= 0.6 is 24.0 Å². The van der Waals surface area contributed by atoms with Crippen molar-refractivity contribution in [1.29, 1.82) is 0 Å². The van der Waals surface area contributed by atoms with Crippen molar-refractivity contribution in [2.24, 2.45) is 0 Å². The van der Waals surface area contributed by atoms with Crippen LogP contribution in [0.1, 0.15) is 20.8 Å². The summed E-state index contributed by atoms with van der Waals surface area (Å²) >= 11 is 6.64. The minimum absolute atomic E-state index is 0.112. The molecule has 0 aromatic carbocycles. The van der Waals surface area contributed by atoms with Gasteiger partial charge in [0.15, 0.2) is 12.1 Å². The summed E-state index contributed by atoms with van der Waals surface area (Å²) in [7, 11) is -1.63. The molecule has 5 nitrogen and oxygen atoms in total. The number of hydrogen-bond donors (Lipinski definition) is 0. The smallest absolute Gasteiger partial charge is 0.335 e. The van der Waals surface area contributed by atoms with Crippen LogP contribution in [0.5, 0.6) is 0 Å². The highest BCUT2D eigenvalue weighted by atomic mass is 32.2. The molecule has 3 atom stereocenters. The van der Waals surface area contributed by atoms with Crippen LogP contribution in [0.25, 0.3) is 0 Å². The lowest BCUT2D eigenvalue weighted by Crippen LogP contribution is -2.66. The Balaban J connectivity index is 2.00. The summed E-state index contributed by atoms with van der Waals surface area (Å²) in [5.41, 5.74) is 0. The van der Waals surface area contributed by atoms with Crippen LogP contribution in [0.3, 0.4) is 0 Å². The molecule has 2 saturated heterocycles. The normalized spacial score (nSPS) is 26.9. The van der Waals surface area contributed by atoms with Gasteiger partial charge in [-0.3, -0.25) is 4.79 Å². The molecule has 1 amide bonds. The number of β-lactam (4-membered cyclic amide) rings is 1. The Morgan fingerprint density at radius 2 is 2.08 bits per heavy atom. The third-order valence-electron chi connectivity index (χ3n) is 4.99. The van der Waals surface area contributed by atoms with E-state index < -0.39 is 26.2 Å². The standard InChI is InChI=1S/C16H25NO4S2Si/c1-7-8-20-14(19)10-15(22)23-13-11(12(18)17(10)13)21-9-24(5,6)16(2,3)4/h7,10-11,13H,1,8-9H2,2-6H3/t10?,11-,13-/m0/s1. The third-order valence-corrected chi connectivity index (χ3v) is 11.6. The molecule has 24 heavy (non-hydrogen) atoms. The minimum atomic E-state index is -1.63. The van der Waals surface area contributed by atoms with Crippen molar-refractivity contribution in [3.63, 3.8) is 0 Å². The van der Waals surface area contributed by atoms with E-state index in [0.717, 1.165) is 0 Å². The second-order valence-corrected chi connectivity index (χ2v) is 15.2. The zero-order valence-corrected chi connectivity index (χ0v) is 17.5. The number of thiocarbonyl (C=S) groups is 1. The van der Waals surface area contributed by atoms with Gasteiger partial charge in [0.2, 0.25) is 0 Å². The lowest BCUT2D eigenvalue weighted by Gasteiger charge is -2.45. The predicted octanol–water partition coefficient (Wildman–Crippen LogP) is 2.76. The van der Waals surface area contributed by atoms with E-state index in [-0.39, 0.29) is 22.9 Å². The van der Waals surface area contributed by atoms with E-state index >= 15 is 0 Å². The number of fused-ring (bicyclic) bond motifs is 1. The van der Waals surface area contributed by atoms with Crippen molar-refractivity contribution in [2.45, 2.75) is 56.4 Å². The van der Waals surface area contributed by atoms with Crippen molar-refractivity contribution in [1.82, 2.24) is 4.90 Å². The lowest BCUT2D eigenvalue weighted by molar-refractivity contribution is -0.171. The summed E-state index contributed by atoms with van der Waals surface area (Å²) in [6, 6.07) is -0.782. The molecular weight excluding hydrogens is 362 g/mol. The van der Waals surface area contributed by atoms with Crippen LogP contribution < -0.4 is 0 Å². The van der Waals surface area contributed by atoms with Crippen LogP contribution in [0.15, 0.2) is 12.7 Å². The predicted molar refractivity (Wildman–Crippen MR) is 103 cm³/mol. The topological polar surface area (TPSA) is 55.8 Å². The summed E-state index contributed by atoms with van der Waals surface area (Å²) in [6.07, 6.45) is 1.58. The van der Waals surface area contributed by atoms with E-state index in [1.54, 1.807) is 0 Å². The van der Waals surface area contributed by atoms with Gasteiger partial charge in [0.25, 0.3) is 5.91 Å². The average Bonchev–Trinajstić information content (AvgIpc) is 2.77. The van der Waals surface area contributed by atoms with Gasteiger partial charge in [0, 0.05) is 6.23 Å². The number of amides is 1. The Labute approximate surface area is 154 Å². The molecule has 0 aromatic rings. The van der Waals surface area contributed by atoms with Gasteiger partial charge >= 0.3 is 5.97 Å². The van der Waals surface area contributed by atoms with Crippen molar-refractivity contribution >= 4 is 48.1 Å². The maximum absolute atomic E-state index is 12.5. The lowest BCUT2D eigenvalue weighted by atomic mass is 10.1. The van der Waals surface area contributed by atoms with Crippen LogP contribution in [0, 0.1) is 0 Å². The Hall–Kier alpha value is -0.703. The minimum Gasteiger partial charge on any atom is -0.460 e. The van der Waals surface area contributed by atoms with Gasteiger partial charge in [0.05, 0.1) is 12.3 Å². The Kier molecular flexibility index (Phi) is 5.64. The van der Waals surface area contributed by atoms with E-state index in [1.165, 1.54) is 22.7 Å². The first-order chi connectivity index (χ1) is 11.0. The van der Waals surface area contributed by atoms with Gasteiger partial charge in [-0.15, -0.1) is 0 Å². The molecule has 2 heterocycles. The molecule has 2 aliphatic heterocycles. The molecule has 0 spiro atoms. The fraction of sp³-hybridized carbons (Fsp3) is 0.688. The highest BCUT2D eigenvalue weighted by Gasteiger charge is 2.60. The number of rotatable bonds is 6. The highest BCUT2D eigenvalue weighted by Crippen LogP contribution is 2.44. The molecule has 134 valence electrons. The second kappa shape index (κ2) is 6.90. The number of nitrogens with zero attached hydrogens (tertiary/aromatic N) is 1. The fourth-order valence-electron chi connectivity index (χ4n) is 2.25. The van der Waals surface area contributed by atoms with Gasteiger partial charge in [0.1, 0.15) is 12.0 Å². The molecule has 0 saturated carbocycles. The number of esters is 1. The molecule has 1 unspecified atom stereocenters. The first kappa shape index (κ1) is 19.6. The summed E-state index contributed by atoms with van der Waals surface area (Å²) < 4.78 is 11.5. The maximum Gasteiger partial charge on any atom is 0.335 e. The van der Waals surface area contributed by atoms with E-state index in [2.05, 4.69) is 40.4 Å². The molecule has 2 fully saturated rings. The average molecular weight is 388 g/mol. The summed E-state index contributed by atoms with van der Waals surface area (Å²) in [6.45, 7) is 14.8. The van der Waals surface area contributed by atoms with Gasteiger partial charge < -0.3 is 14.4 Å². The van der Waals surface area contributed by atoms with E-state index in [1.807, 2.05) is 0 Å². The molecule has 2 rings (SSSR count). The second-order valence-electron chi connectivity index (χ2n) is 7.76. The molecule has 8 heteroatoms. The molecular formula is C16H25NO4S2Si. The van der Waals surface area contributed by atoms with Gasteiger partial charge in [-0.25, -0.2) is 4.79 Å². The van der Waals surface area contributed by atoms with Gasteiger partial charge in [-0.1, -0.05) is 70.5 Å². The zero-order chi connectivity index (χ0) is 18.3. The molecule has 0 bridgehead atoms. The Morgan fingerprint density at radius 3 is 2.62 bits per heavy atom. The molecule has 2 aliphatic rings. The number of hydrogen-bond acceptors (Lipinski definition) is 6. The van der Waals surface area contributed by atoms with Crippen molar-refractivity contribution < 1.29 is 19.1 Å². The number of carbonyl (C=O) groups is 2. The number of thioether (sulfide) groups is 1. The number of carbonyl (C=O) groups excluding carboxylic acids is 2. The first-order valence-electron chi connectivity index (χ1n) is 7.93. The van der Waals surface area contributed by atoms with Crippen LogP contribution in [0.2, 0.25) is 18.1 Å². The zero-order valence-electron chi connectivity index (χ0n) is 14.8. The van der Waals surface area contributed by atoms with Gasteiger partial charge in [-0.2, -0.15) is 0 Å². The molecule has 0 aromatic heterocycles. The first-order valence-corrected chi connectivity index (χ1v) is 12.4. The third kappa shape index (κ3) is 3.47. The van der Waals surface area contributed by atoms with E-state index in [4.69, 9.17) is 21.7 Å². The van der Waals surface area contributed by atoms with E-state index in [0.29, 0.717) is 10.4 Å². The monoisotopic (exact) mass is 387 g/mol. The largest absolute Gasteiger partial charge is 0.460 e. The number of ether oxygens (including phenoxy) is 2. The summed E-state index contributed by atoms with van der Waals surface area (Å²) in [5, 5.41) is -0.0229. The summed E-state index contributed by atoms with van der Waals surface area (Å²) in [4.78, 5) is 26.1. The fourth-order valence-corrected chi connectivity index (χ4v) is 5.02. The Morgan fingerprint density at radius 1 is 1.46 bits per heavy atom. The van der Waals surface area contributed by atoms with Crippen molar-refractivity contribution in [3.8, 4) is 0 Å². The Bertz CT molecular complexity index is 573. The van der Waals surface area contributed by atoms with Crippen LogP contribution in [-0.2, 0) is 19.1 Å².